The Kier molecular flexibility index (Phi) is 3.16. The van der Waals surface area contributed by atoms with Gasteiger partial charge in [-0.25, -0.2) is 0 Å². The number of hydrogen-bond acceptors (Lipinski definition) is 2. The fraction of sp³-hybridized carbons (Fsp3) is 1.00. The van der Waals surface area contributed by atoms with E-state index in [9.17, 15) is 0 Å². The van der Waals surface area contributed by atoms with Gasteiger partial charge in [-0.15, -0.1) is 0 Å². The van der Waals surface area contributed by atoms with Crippen molar-refractivity contribution in [1.82, 2.24) is 0 Å². The molecule has 0 aliphatic carbocycles. The van der Waals surface area contributed by atoms with Crippen molar-refractivity contribution >= 4 is 0 Å². The highest BCUT2D eigenvalue weighted by Crippen LogP contribution is 2.14. The van der Waals surface area contributed by atoms with Gasteiger partial charge in [0.15, 0.2) is 0 Å². The Morgan fingerprint density at radius 2 is 2.30 bits per heavy atom. The molecule has 1 fully saturated rings. The van der Waals surface area contributed by atoms with Gasteiger partial charge in [0.25, 0.3) is 0 Å². The minimum Gasteiger partial charge on any atom is -0.376 e. The van der Waals surface area contributed by atoms with Gasteiger partial charge in [0.05, 0.1) is 18.8 Å². The highest BCUT2D eigenvalue weighted by Gasteiger charge is 2.17. The molecule has 1 aliphatic heterocycles. The highest BCUT2D eigenvalue weighted by atomic mass is 16.5. The molecule has 1 saturated heterocycles. The SMILES string of the molecule is CCO[C@H]1CC[C@H](C)OC1. The van der Waals surface area contributed by atoms with Crippen LogP contribution in [0.4, 0.5) is 0 Å². The van der Waals surface area contributed by atoms with Gasteiger partial charge in [-0.3, -0.25) is 0 Å². The van der Waals surface area contributed by atoms with Gasteiger partial charge in [0, 0.05) is 6.61 Å². The lowest BCUT2D eigenvalue weighted by Crippen LogP contribution is -2.29. The number of ether oxygens (including phenoxy) is 2. The molecule has 0 aromatic rings. The Hall–Kier alpha value is -0.0800. The molecular weight excluding hydrogens is 128 g/mol. The van der Waals surface area contributed by atoms with Crippen LogP contribution < -0.4 is 0 Å². The molecule has 1 rings (SSSR count). The van der Waals surface area contributed by atoms with Crippen LogP contribution in [0.2, 0.25) is 0 Å². The molecule has 0 bridgehead atoms. The summed E-state index contributed by atoms with van der Waals surface area (Å²) in [7, 11) is 0. The molecule has 0 saturated carbocycles. The maximum absolute atomic E-state index is 5.42. The molecule has 0 spiro atoms. The van der Waals surface area contributed by atoms with Crippen LogP contribution in [0.25, 0.3) is 0 Å². The van der Waals surface area contributed by atoms with Crippen molar-refractivity contribution in [3.63, 3.8) is 0 Å². The van der Waals surface area contributed by atoms with Crippen LogP contribution in [0, 0.1) is 0 Å². The molecule has 60 valence electrons. The lowest BCUT2D eigenvalue weighted by Gasteiger charge is -2.26. The second-order valence-corrected chi connectivity index (χ2v) is 2.80. The van der Waals surface area contributed by atoms with Crippen LogP contribution in [-0.2, 0) is 9.47 Å². The fourth-order valence-electron chi connectivity index (χ4n) is 1.23. The third-order valence-corrected chi connectivity index (χ3v) is 1.86. The largest absolute Gasteiger partial charge is 0.376 e. The summed E-state index contributed by atoms with van der Waals surface area (Å²) in [5.41, 5.74) is 0. The first-order chi connectivity index (χ1) is 4.83. The van der Waals surface area contributed by atoms with Gasteiger partial charge < -0.3 is 9.47 Å². The summed E-state index contributed by atoms with van der Waals surface area (Å²) in [6, 6.07) is 0. The molecule has 1 aliphatic rings. The van der Waals surface area contributed by atoms with E-state index >= 15 is 0 Å². The van der Waals surface area contributed by atoms with Gasteiger partial charge in [-0.2, -0.15) is 0 Å². The van der Waals surface area contributed by atoms with Crippen molar-refractivity contribution in [1.29, 1.82) is 0 Å². The predicted octanol–water partition coefficient (Wildman–Crippen LogP) is 1.59. The van der Waals surface area contributed by atoms with Crippen molar-refractivity contribution in [3.8, 4) is 0 Å². The Morgan fingerprint density at radius 3 is 2.80 bits per heavy atom. The molecule has 0 aromatic heterocycles. The monoisotopic (exact) mass is 144 g/mol. The van der Waals surface area contributed by atoms with Crippen molar-refractivity contribution in [3.05, 3.63) is 0 Å². The smallest absolute Gasteiger partial charge is 0.0809 e. The summed E-state index contributed by atoms with van der Waals surface area (Å²) in [6.45, 7) is 5.73. The summed E-state index contributed by atoms with van der Waals surface area (Å²) in [4.78, 5) is 0. The van der Waals surface area contributed by atoms with Crippen LogP contribution in [0.3, 0.4) is 0 Å². The zero-order chi connectivity index (χ0) is 7.40. The Balaban J connectivity index is 2.13. The normalized spacial score (nSPS) is 34.2. The molecule has 2 heteroatoms. The van der Waals surface area contributed by atoms with Crippen molar-refractivity contribution in [2.24, 2.45) is 0 Å². The molecule has 0 radical (unpaired) electrons. The van der Waals surface area contributed by atoms with Crippen molar-refractivity contribution in [2.45, 2.75) is 38.9 Å². The number of rotatable bonds is 2. The predicted molar refractivity (Wildman–Crippen MR) is 40.1 cm³/mol. The topological polar surface area (TPSA) is 18.5 Å². The van der Waals surface area contributed by atoms with Crippen molar-refractivity contribution < 1.29 is 9.47 Å². The van der Waals surface area contributed by atoms with Gasteiger partial charge in [-0.05, 0) is 26.7 Å². The summed E-state index contributed by atoms with van der Waals surface area (Å²) >= 11 is 0. The summed E-state index contributed by atoms with van der Waals surface area (Å²) in [5, 5.41) is 0. The van der Waals surface area contributed by atoms with E-state index in [2.05, 4.69) is 6.92 Å². The molecule has 0 N–H and O–H groups in total. The number of hydrogen-bond donors (Lipinski definition) is 0. The highest BCUT2D eigenvalue weighted by molar-refractivity contribution is 4.66. The molecule has 2 nitrogen and oxygen atoms in total. The standard InChI is InChI=1S/C8H16O2/c1-3-9-8-5-4-7(2)10-6-8/h7-8H,3-6H2,1-2H3/t7-,8-/m0/s1. The summed E-state index contributed by atoms with van der Waals surface area (Å²) < 4.78 is 10.8. The van der Waals surface area contributed by atoms with E-state index in [1.807, 2.05) is 6.92 Å². The average Bonchev–Trinajstić information content (AvgIpc) is 1.95. The van der Waals surface area contributed by atoms with Gasteiger partial charge in [-0.1, -0.05) is 0 Å². The molecule has 1 heterocycles. The Bertz CT molecular complexity index is 85.3. The van der Waals surface area contributed by atoms with Crippen LogP contribution in [0.15, 0.2) is 0 Å². The lowest BCUT2D eigenvalue weighted by molar-refractivity contribution is -0.0764. The van der Waals surface area contributed by atoms with Crippen LogP contribution in [-0.4, -0.2) is 25.4 Å². The first-order valence-electron chi connectivity index (χ1n) is 4.06. The van der Waals surface area contributed by atoms with E-state index in [0.717, 1.165) is 26.1 Å². The Morgan fingerprint density at radius 1 is 1.50 bits per heavy atom. The molecular formula is C8H16O2. The first kappa shape index (κ1) is 8.02. The third-order valence-electron chi connectivity index (χ3n) is 1.86. The maximum Gasteiger partial charge on any atom is 0.0809 e. The Labute approximate surface area is 62.5 Å². The summed E-state index contributed by atoms with van der Waals surface area (Å²) in [6.07, 6.45) is 3.11. The van der Waals surface area contributed by atoms with Gasteiger partial charge in [0.1, 0.15) is 0 Å². The van der Waals surface area contributed by atoms with Crippen LogP contribution in [0.5, 0.6) is 0 Å². The lowest BCUT2D eigenvalue weighted by atomic mass is 10.1. The summed E-state index contributed by atoms with van der Waals surface area (Å²) in [5.74, 6) is 0. The van der Waals surface area contributed by atoms with Crippen molar-refractivity contribution in [2.75, 3.05) is 13.2 Å². The maximum atomic E-state index is 5.42. The van der Waals surface area contributed by atoms with E-state index in [-0.39, 0.29) is 0 Å². The quantitative estimate of drug-likeness (QED) is 0.586. The zero-order valence-corrected chi connectivity index (χ0v) is 6.80. The van der Waals surface area contributed by atoms with Gasteiger partial charge >= 0.3 is 0 Å². The van der Waals surface area contributed by atoms with Crippen LogP contribution in [0.1, 0.15) is 26.7 Å². The first-order valence-corrected chi connectivity index (χ1v) is 4.06. The molecule has 2 atom stereocenters. The van der Waals surface area contributed by atoms with E-state index < -0.39 is 0 Å². The fourth-order valence-corrected chi connectivity index (χ4v) is 1.23. The zero-order valence-electron chi connectivity index (χ0n) is 6.80. The van der Waals surface area contributed by atoms with Crippen LogP contribution >= 0.6 is 0 Å². The van der Waals surface area contributed by atoms with E-state index in [0.29, 0.717) is 12.2 Å². The average molecular weight is 144 g/mol. The third kappa shape index (κ3) is 2.27. The second-order valence-electron chi connectivity index (χ2n) is 2.80. The van der Waals surface area contributed by atoms with E-state index in [4.69, 9.17) is 9.47 Å². The molecule has 0 aromatic carbocycles. The second kappa shape index (κ2) is 3.94. The molecule has 0 amide bonds. The minimum absolute atomic E-state index is 0.362. The van der Waals surface area contributed by atoms with E-state index in [1.54, 1.807) is 0 Å². The minimum atomic E-state index is 0.362. The molecule has 0 unspecified atom stereocenters. The molecule has 10 heavy (non-hydrogen) atoms. The van der Waals surface area contributed by atoms with Gasteiger partial charge in [0.2, 0.25) is 0 Å². The van der Waals surface area contributed by atoms with E-state index in [1.165, 1.54) is 0 Å².